The molecule has 4 unspecified atom stereocenters. The van der Waals surface area contributed by atoms with Crippen molar-refractivity contribution in [2.75, 3.05) is 0 Å². The molecule has 0 N–H and O–H groups in total. The summed E-state index contributed by atoms with van der Waals surface area (Å²) in [6, 6.07) is 2.38. The molecule has 0 amide bonds. The zero-order chi connectivity index (χ0) is 17.3. The molecule has 1 aliphatic carbocycles. The van der Waals surface area contributed by atoms with Gasteiger partial charge in [-0.3, -0.25) is 20.4 Å². The Bertz CT molecular complexity index is 389. The number of rotatable bonds is 0. The Morgan fingerprint density at radius 3 is 1.64 bits per heavy atom. The van der Waals surface area contributed by atoms with Crippen LogP contribution in [0.1, 0.15) is 61.8 Å². The molecule has 0 bridgehead atoms. The van der Waals surface area contributed by atoms with Crippen LogP contribution in [0.3, 0.4) is 0 Å². The number of hydrogen-bond donors (Lipinski definition) is 0. The largest absolute Gasteiger partial charge is 4.00 e. The average Bonchev–Trinajstić information content (AvgIpc) is 2.83. The maximum atomic E-state index is 7.75. The monoisotopic (exact) mass is 338 g/mol. The Balaban J connectivity index is -0.000000463. The summed E-state index contributed by atoms with van der Waals surface area (Å²) in [7, 11) is 0. The van der Waals surface area contributed by atoms with Gasteiger partial charge < -0.3 is 14.4 Å². The second-order valence-electron chi connectivity index (χ2n) is 5.63. The van der Waals surface area contributed by atoms with E-state index in [0.29, 0.717) is 0 Å². The SMILES string of the molecule is Cc1c[c-](C)c2c1C(C)C(C)C(C)C2C.[CH-]=O.[CH-]=O.[CH-]=O.[Ti+4]. The van der Waals surface area contributed by atoms with Crippen molar-refractivity contribution in [3.63, 3.8) is 0 Å². The third-order valence-electron chi connectivity index (χ3n) is 4.89. The van der Waals surface area contributed by atoms with E-state index in [1.165, 1.54) is 11.1 Å². The number of hydrogen-bond acceptors (Lipinski definition) is 3. The third kappa shape index (κ3) is 5.07. The molecule has 0 fully saturated rings. The molecule has 2 rings (SSSR count). The van der Waals surface area contributed by atoms with E-state index in [1.807, 2.05) is 0 Å². The first-order valence-corrected chi connectivity index (χ1v) is 6.92. The van der Waals surface area contributed by atoms with Gasteiger partial charge in [0.15, 0.2) is 0 Å². The van der Waals surface area contributed by atoms with Crippen LogP contribution in [-0.4, -0.2) is 20.4 Å². The van der Waals surface area contributed by atoms with E-state index in [1.54, 1.807) is 11.1 Å². The molecule has 0 spiro atoms. The predicted octanol–water partition coefficient (Wildman–Crippen LogP) is 3.69. The molecule has 0 radical (unpaired) electrons. The van der Waals surface area contributed by atoms with Gasteiger partial charge in [-0.1, -0.05) is 47.5 Å². The molecular weight excluding hydrogens is 312 g/mol. The van der Waals surface area contributed by atoms with Crippen molar-refractivity contribution in [2.24, 2.45) is 11.8 Å². The molecule has 1 aromatic rings. The Kier molecular flexibility index (Phi) is 14.9. The van der Waals surface area contributed by atoms with Crippen molar-refractivity contribution in [3.05, 3.63) is 28.3 Å². The van der Waals surface area contributed by atoms with Gasteiger partial charge in [-0.15, -0.1) is 0 Å². The minimum absolute atomic E-state index is 0. The van der Waals surface area contributed by atoms with Crippen LogP contribution in [-0.2, 0) is 36.1 Å². The van der Waals surface area contributed by atoms with Gasteiger partial charge in [0.2, 0.25) is 0 Å². The minimum atomic E-state index is 0. The van der Waals surface area contributed by atoms with Crippen molar-refractivity contribution in [2.45, 2.75) is 53.4 Å². The predicted molar refractivity (Wildman–Crippen MR) is 86.9 cm³/mol. The minimum Gasteiger partial charge on any atom is -0.545 e. The van der Waals surface area contributed by atoms with Gasteiger partial charge in [-0.2, -0.15) is 28.3 Å². The number of aryl methyl sites for hydroxylation is 2. The van der Waals surface area contributed by atoms with Crippen molar-refractivity contribution in [1.29, 1.82) is 0 Å². The summed E-state index contributed by atoms with van der Waals surface area (Å²) in [5.74, 6) is 3.10. The van der Waals surface area contributed by atoms with Gasteiger partial charge in [-0.25, -0.2) is 0 Å². The zero-order valence-corrected chi connectivity index (χ0v) is 15.9. The van der Waals surface area contributed by atoms with E-state index >= 15 is 0 Å². The van der Waals surface area contributed by atoms with E-state index in [-0.39, 0.29) is 21.7 Å². The molecule has 1 aromatic carbocycles. The smallest absolute Gasteiger partial charge is 0.545 e. The van der Waals surface area contributed by atoms with Crippen LogP contribution in [0, 0.1) is 25.7 Å². The van der Waals surface area contributed by atoms with Crippen LogP contribution in [0.25, 0.3) is 0 Å². The van der Waals surface area contributed by atoms with Crippen LogP contribution in [0.4, 0.5) is 0 Å². The Hall–Kier alpha value is -0.926. The summed E-state index contributed by atoms with van der Waals surface area (Å²) in [6.45, 7) is 23.9. The Labute approximate surface area is 150 Å². The van der Waals surface area contributed by atoms with Gasteiger partial charge in [0.1, 0.15) is 0 Å². The van der Waals surface area contributed by atoms with Crippen LogP contribution in [0.15, 0.2) is 6.07 Å². The summed E-state index contributed by atoms with van der Waals surface area (Å²) in [6.07, 6.45) is 0. The second kappa shape index (κ2) is 12.6. The number of carbonyl (C=O) groups excluding carboxylic acids is 3. The molecule has 0 aromatic heterocycles. The molecule has 0 saturated carbocycles. The molecule has 3 nitrogen and oxygen atoms in total. The summed E-state index contributed by atoms with van der Waals surface area (Å²) in [5, 5.41) is 0. The molecular formula is C18H26O3Ti. The van der Waals surface area contributed by atoms with Crippen LogP contribution in [0.5, 0.6) is 0 Å². The Morgan fingerprint density at radius 2 is 1.23 bits per heavy atom. The third-order valence-corrected chi connectivity index (χ3v) is 4.89. The van der Waals surface area contributed by atoms with Crippen molar-refractivity contribution in [1.82, 2.24) is 0 Å². The van der Waals surface area contributed by atoms with Crippen molar-refractivity contribution in [3.8, 4) is 0 Å². The van der Waals surface area contributed by atoms with Gasteiger partial charge in [0.25, 0.3) is 0 Å². The first-order chi connectivity index (χ1) is 9.95. The summed E-state index contributed by atoms with van der Waals surface area (Å²) < 4.78 is 0. The molecule has 0 saturated heterocycles. The van der Waals surface area contributed by atoms with Crippen LogP contribution < -0.4 is 0 Å². The van der Waals surface area contributed by atoms with Crippen LogP contribution >= 0.6 is 0 Å². The maximum Gasteiger partial charge on any atom is 4.00 e. The molecule has 4 atom stereocenters. The normalized spacial score (nSPS) is 24.6. The zero-order valence-electron chi connectivity index (χ0n) is 14.3. The molecule has 22 heavy (non-hydrogen) atoms. The van der Waals surface area contributed by atoms with E-state index in [0.717, 1.165) is 23.7 Å². The molecule has 4 heteroatoms. The summed E-state index contributed by atoms with van der Waals surface area (Å²) >= 11 is 0. The van der Waals surface area contributed by atoms with Crippen molar-refractivity contribution < 1.29 is 36.1 Å². The quantitative estimate of drug-likeness (QED) is 0.412. The summed E-state index contributed by atoms with van der Waals surface area (Å²) in [4.78, 5) is 23.2. The van der Waals surface area contributed by atoms with Gasteiger partial charge in [-0.05, 0) is 17.8 Å². The molecule has 0 heterocycles. The topological polar surface area (TPSA) is 51.2 Å². The standard InChI is InChI=1S/C15H23.3CHO.Ti/c1-8-7-9(2)15-13(6)11(4)10(3)12(5)14(8)15;3*1-2;/h7,10-13H,1-6H3;3*1H;/q4*-1;+4. The van der Waals surface area contributed by atoms with E-state index in [2.05, 4.69) is 68.0 Å². The fourth-order valence-electron chi connectivity index (χ4n) is 3.55. The number of fused-ring (bicyclic) bond motifs is 1. The first kappa shape index (κ1) is 26.0. The second-order valence-corrected chi connectivity index (χ2v) is 5.63. The maximum absolute atomic E-state index is 7.75. The molecule has 1 aliphatic rings. The summed E-state index contributed by atoms with van der Waals surface area (Å²) in [5.41, 5.74) is 6.34. The van der Waals surface area contributed by atoms with E-state index in [4.69, 9.17) is 14.4 Å². The average molecular weight is 338 g/mol. The van der Waals surface area contributed by atoms with E-state index in [9.17, 15) is 0 Å². The van der Waals surface area contributed by atoms with Crippen LogP contribution in [0.2, 0.25) is 0 Å². The van der Waals surface area contributed by atoms with Gasteiger partial charge >= 0.3 is 21.7 Å². The van der Waals surface area contributed by atoms with E-state index < -0.39 is 0 Å². The fraction of sp³-hybridized carbons (Fsp3) is 0.556. The molecule has 0 aliphatic heterocycles. The van der Waals surface area contributed by atoms with Crippen molar-refractivity contribution >= 4 is 20.4 Å². The first-order valence-electron chi connectivity index (χ1n) is 6.92. The fourth-order valence-corrected chi connectivity index (χ4v) is 3.55. The van der Waals surface area contributed by atoms with Gasteiger partial charge in [0, 0.05) is 0 Å². The molecule has 120 valence electrons. The van der Waals surface area contributed by atoms with Gasteiger partial charge in [0.05, 0.1) is 0 Å². The Morgan fingerprint density at radius 1 is 0.864 bits per heavy atom.